The maximum Gasteiger partial charge on any atom is 0.348 e. The van der Waals surface area contributed by atoms with Gasteiger partial charge in [-0.05, 0) is 43.3 Å². The number of aryl methyl sites for hydroxylation is 1. The van der Waals surface area contributed by atoms with Crippen LogP contribution in [0.4, 0.5) is 0 Å². The monoisotopic (exact) mass is 347 g/mol. The molecular formula is C17H21N3O3S. The largest absolute Gasteiger partial charge is 0.465 e. The lowest BCUT2D eigenvalue weighted by atomic mass is 9.94. The second-order valence-electron chi connectivity index (χ2n) is 6.14. The molecule has 1 saturated heterocycles. The van der Waals surface area contributed by atoms with Crippen molar-refractivity contribution < 1.29 is 9.53 Å². The summed E-state index contributed by atoms with van der Waals surface area (Å²) in [7, 11) is 1.40. The van der Waals surface area contributed by atoms with Crippen molar-refractivity contribution in [3.8, 4) is 0 Å². The number of aromatic nitrogens is 2. The number of nitrogens with zero attached hydrogens (tertiary/aromatic N) is 2. The Labute approximate surface area is 144 Å². The van der Waals surface area contributed by atoms with Crippen LogP contribution in [-0.4, -0.2) is 41.0 Å². The number of H-pyrrole nitrogens is 1. The highest BCUT2D eigenvalue weighted by molar-refractivity contribution is 7.12. The molecule has 0 saturated carbocycles. The van der Waals surface area contributed by atoms with Gasteiger partial charge in [-0.3, -0.25) is 9.69 Å². The van der Waals surface area contributed by atoms with Crippen molar-refractivity contribution in [1.29, 1.82) is 0 Å². The van der Waals surface area contributed by atoms with Crippen LogP contribution in [0, 0.1) is 6.92 Å². The Morgan fingerprint density at radius 1 is 1.50 bits per heavy atom. The molecule has 0 aliphatic carbocycles. The Bertz CT molecular complexity index is 783. The summed E-state index contributed by atoms with van der Waals surface area (Å²) in [5.74, 6) is 0.652. The molecule has 1 fully saturated rings. The first-order valence-electron chi connectivity index (χ1n) is 8.01. The molecule has 6 nitrogen and oxygen atoms in total. The first kappa shape index (κ1) is 16.9. The fraction of sp³-hybridized carbons (Fsp3) is 0.471. The van der Waals surface area contributed by atoms with Gasteiger partial charge in [-0.1, -0.05) is 0 Å². The molecule has 2 aromatic heterocycles. The molecule has 128 valence electrons. The van der Waals surface area contributed by atoms with E-state index in [0.29, 0.717) is 10.7 Å². The third-order valence-electron chi connectivity index (χ3n) is 4.25. The number of hydrogen-bond donors (Lipinski definition) is 1. The van der Waals surface area contributed by atoms with E-state index in [1.54, 1.807) is 6.07 Å². The van der Waals surface area contributed by atoms with Crippen LogP contribution in [0.1, 0.15) is 45.5 Å². The van der Waals surface area contributed by atoms with E-state index in [9.17, 15) is 9.59 Å². The number of nitrogens with one attached hydrogen (secondary N) is 1. The van der Waals surface area contributed by atoms with E-state index in [4.69, 9.17) is 4.74 Å². The van der Waals surface area contributed by atoms with Gasteiger partial charge in [0.15, 0.2) is 0 Å². The Kier molecular flexibility index (Phi) is 5.11. The van der Waals surface area contributed by atoms with Crippen LogP contribution in [0.5, 0.6) is 0 Å². The van der Waals surface area contributed by atoms with Crippen molar-refractivity contribution in [1.82, 2.24) is 14.9 Å². The highest BCUT2D eigenvalue weighted by atomic mass is 32.1. The average molecular weight is 347 g/mol. The van der Waals surface area contributed by atoms with E-state index >= 15 is 0 Å². The van der Waals surface area contributed by atoms with Crippen molar-refractivity contribution >= 4 is 17.3 Å². The molecule has 0 radical (unpaired) electrons. The summed E-state index contributed by atoms with van der Waals surface area (Å²) in [6.45, 7) is 4.50. The minimum absolute atomic E-state index is 0.0878. The Hall–Kier alpha value is -1.99. The maximum atomic E-state index is 11.7. The predicted molar refractivity (Wildman–Crippen MR) is 92.5 cm³/mol. The Morgan fingerprint density at radius 3 is 3.08 bits per heavy atom. The minimum atomic E-state index is -0.286. The van der Waals surface area contributed by atoms with Crippen LogP contribution in [0.25, 0.3) is 0 Å². The number of rotatable bonds is 4. The standard InChI is InChI=1S/C17H21N3O3S/c1-11-18-14(7-16(21)19-11)13-4-3-5-20(9-13)8-12-6-15(24-10-12)17(22)23-2/h6-7,10,13H,3-5,8-9H2,1-2H3,(H,18,19,21)/t13-/m0/s1. The summed E-state index contributed by atoms with van der Waals surface area (Å²) < 4.78 is 4.75. The molecular weight excluding hydrogens is 326 g/mol. The first-order valence-corrected chi connectivity index (χ1v) is 8.89. The van der Waals surface area contributed by atoms with Crippen molar-refractivity contribution in [3.63, 3.8) is 0 Å². The van der Waals surface area contributed by atoms with E-state index in [1.165, 1.54) is 18.4 Å². The smallest absolute Gasteiger partial charge is 0.348 e. The zero-order chi connectivity index (χ0) is 17.1. The number of carbonyl (C=O) groups is 1. The third-order valence-corrected chi connectivity index (χ3v) is 5.21. The molecule has 1 N–H and O–H groups in total. The van der Waals surface area contributed by atoms with Gasteiger partial charge in [0.1, 0.15) is 10.7 Å². The lowest BCUT2D eigenvalue weighted by Gasteiger charge is -2.32. The normalized spacial score (nSPS) is 18.5. The van der Waals surface area contributed by atoms with Crippen LogP contribution in [-0.2, 0) is 11.3 Å². The van der Waals surface area contributed by atoms with Gasteiger partial charge < -0.3 is 9.72 Å². The summed E-state index contributed by atoms with van der Waals surface area (Å²) in [6, 6.07) is 3.51. The van der Waals surface area contributed by atoms with E-state index in [2.05, 4.69) is 14.9 Å². The number of thiophene rings is 1. The Balaban J connectivity index is 1.68. The Morgan fingerprint density at radius 2 is 2.33 bits per heavy atom. The van der Waals surface area contributed by atoms with E-state index in [-0.39, 0.29) is 17.4 Å². The van der Waals surface area contributed by atoms with E-state index < -0.39 is 0 Å². The molecule has 3 heterocycles. The molecule has 3 rings (SSSR count). The molecule has 0 unspecified atom stereocenters. The van der Waals surface area contributed by atoms with Gasteiger partial charge in [0.2, 0.25) is 0 Å². The van der Waals surface area contributed by atoms with E-state index in [1.807, 2.05) is 18.4 Å². The molecule has 0 aromatic carbocycles. The number of hydrogen-bond acceptors (Lipinski definition) is 6. The lowest BCUT2D eigenvalue weighted by Crippen LogP contribution is -2.34. The van der Waals surface area contributed by atoms with Crippen molar-refractivity contribution in [3.05, 3.63) is 49.8 Å². The number of methoxy groups -OCH3 is 1. The number of aromatic amines is 1. The fourth-order valence-electron chi connectivity index (χ4n) is 3.18. The van der Waals surface area contributed by atoms with Crippen molar-refractivity contribution in [2.75, 3.05) is 20.2 Å². The zero-order valence-corrected chi connectivity index (χ0v) is 14.7. The van der Waals surface area contributed by atoms with Gasteiger partial charge in [0.05, 0.1) is 12.8 Å². The van der Waals surface area contributed by atoms with Gasteiger partial charge in [-0.15, -0.1) is 11.3 Å². The second kappa shape index (κ2) is 7.27. The molecule has 1 aliphatic heterocycles. The van der Waals surface area contributed by atoms with Gasteiger partial charge in [-0.25, -0.2) is 9.78 Å². The number of esters is 1. The van der Waals surface area contributed by atoms with Gasteiger partial charge in [0, 0.05) is 25.1 Å². The average Bonchev–Trinajstić information content (AvgIpc) is 3.02. The van der Waals surface area contributed by atoms with E-state index in [0.717, 1.165) is 43.7 Å². The minimum Gasteiger partial charge on any atom is -0.465 e. The number of ether oxygens (including phenoxy) is 1. The second-order valence-corrected chi connectivity index (χ2v) is 7.05. The first-order chi connectivity index (χ1) is 11.5. The summed E-state index contributed by atoms with van der Waals surface area (Å²) in [6.07, 6.45) is 2.12. The summed E-state index contributed by atoms with van der Waals surface area (Å²) in [4.78, 5) is 33.4. The molecule has 1 aliphatic rings. The third kappa shape index (κ3) is 3.91. The number of piperidine rings is 1. The van der Waals surface area contributed by atoms with Crippen LogP contribution in [0.3, 0.4) is 0 Å². The topological polar surface area (TPSA) is 75.3 Å². The lowest BCUT2D eigenvalue weighted by molar-refractivity contribution is 0.0606. The van der Waals surface area contributed by atoms with Gasteiger partial charge in [-0.2, -0.15) is 0 Å². The molecule has 0 spiro atoms. The summed E-state index contributed by atoms with van der Waals surface area (Å²) in [5.41, 5.74) is 1.91. The maximum absolute atomic E-state index is 11.7. The van der Waals surface area contributed by atoms with Crippen molar-refractivity contribution in [2.45, 2.75) is 32.2 Å². The van der Waals surface area contributed by atoms with Crippen LogP contribution in [0.2, 0.25) is 0 Å². The molecule has 2 aromatic rings. The van der Waals surface area contributed by atoms with Gasteiger partial charge >= 0.3 is 5.97 Å². The molecule has 7 heteroatoms. The van der Waals surface area contributed by atoms with Crippen molar-refractivity contribution in [2.24, 2.45) is 0 Å². The highest BCUT2D eigenvalue weighted by Gasteiger charge is 2.23. The fourth-order valence-corrected chi connectivity index (χ4v) is 4.00. The molecule has 1 atom stereocenters. The van der Waals surface area contributed by atoms with Gasteiger partial charge in [0.25, 0.3) is 5.56 Å². The quantitative estimate of drug-likeness (QED) is 0.859. The highest BCUT2D eigenvalue weighted by Crippen LogP contribution is 2.27. The predicted octanol–water partition coefficient (Wildman–Crippen LogP) is 2.31. The summed E-state index contributed by atoms with van der Waals surface area (Å²) in [5, 5.41) is 2.01. The number of carbonyl (C=O) groups excluding carboxylic acids is 1. The van der Waals surface area contributed by atoms with Crippen LogP contribution < -0.4 is 5.56 Å². The summed E-state index contributed by atoms with van der Waals surface area (Å²) >= 11 is 1.41. The molecule has 0 amide bonds. The van der Waals surface area contributed by atoms with Crippen LogP contribution in [0.15, 0.2) is 22.3 Å². The molecule has 0 bridgehead atoms. The zero-order valence-electron chi connectivity index (χ0n) is 13.9. The number of likely N-dealkylation sites (tertiary alicyclic amines) is 1. The SMILES string of the molecule is COC(=O)c1cc(CN2CCC[C@H](c3cc(=O)[nH]c(C)n3)C2)cs1. The van der Waals surface area contributed by atoms with Crippen LogP contribution >= 0.6 is 11.3 Å². The molecule has 24 heavy (non-hydrogen) atoms.